The molecule has 3 rings (SSSR count). The lowest BCUT2D eigenvalue weighted by atomic mass is 10.2. The molecule has 0 bridgehead atoms. The van der Waals surface area contributed by atoms with Crippen molar-refractivity contribution in [2.45, 2.75) is 6.92 Å². The van der Waals surface area contributed by atoms with Crippen LogP contribution in [0.25, 0.3) is 10.9 Å². The maximum atomic E-state index is 13.4. The lowest BCUT2D eigenvalue weighted by Gasteiger charge is -2.21. The molecule has 112 valence electrons. The summed E-state index contributed by atoms with van der Waals surface area (Å²) in [5, 5.41) is 0.858. The number of halogens is 1. The van der Waals surface area contributed by atoms with E-state index in [1.54, 1.807) is 22.6 Å². The molecule has 4 heteroatoms. The first-order chi connectivity index (χ1) is 10.6. The lowest BCUT2D eigenvalue weighted by Crippen LogP contribution is -2.31. The first-order valence-corrected chi connectivity index (χ1v) is 7.23. The molecule has 1 heterocycles. The number of fused-ring (bicyclic) bond motifs is 1. The molecule has 0 spiro atoms. The first kappa shape index (κ1) is 14.3. The van der Waals surface area contributed by atoms with E-state index in [9.17, 15) is 9.18 Å². The van der Waals surface area contributed by atoms with E-state index >= 15 is 0 Å². The van der Waals surface area contributed by atoms with Gasteiger partial charge in [-0.05, 0) is 43.3 Å². The van der Waals surface area contributed by atoms with Crippen LogP contribution in [0, 0.1) is 5.82 Å². The number of hydrogen-bond acceptors (Lipinski definition) is 1. The van der Waals surface area contributed by atoms with Crippen molar-refractivity contribution in [1.82, 2.24) is 4.57 Å². The van der Waals surface area contributed by atoms with Crippen molar-refractivity contribution in [1.29, 1.82) is 0 Å². The number of aryl methyl sites for hydroxylation is 1. The molecule has 0 saturated carbocycles. The van der Waals surface area contributed by atoms with Gasteiger partial charge >= 0.3 is 0 Å². The number of benzene rings is 2. The summed E-state index contributed by atoms with van der Waals surface area (Å²) in [4.78, 5) is 14.6. The number of para-hydroxylation sites is 1. The quantitative estimate of drug-likeness (QED) is 0.717. The predicted molar refractivity (Wildman–Crippen MR) is 86.7 cm³/mol. The molecular formula is C18H17FN2O. The van der Waals surface area contributed by atoms with Gasteiger partial charge in [-0.25, -0.2) is 4.39 Å². The molecule has 0 aliphatic heterocycles. The molecule has 0 N–H and O–H groups in total. The SMILES string of the molecule is CCN(C(=O)c1cc2ccc(F)cc2n1C)c1ccccc1. The minimum Gasteiger partial charge on any atom is -0.340 e. The molecule has 1 aromatic heterocycles. The van der Waals surface area contributed by atoms with Crippen molar-refractivity contribution in [3.05, 3.63) is 66.1 Å². The van der Waals surface area contributed by atoms with E-state index in [4.69, 9.17) is 0 Å². The molecular weight excluding hydrogens is 279 g/mol. The van der Waals surface area contributed by atoms with Crippen LogP contribution in [0.1, 0.15) is 17.4 Å². The van der Waals surface area contributed by atoms with E-state index in [2.05, 4.69) is 0 Å². The number of nitrogens with zero attached hydrogens (tertiary/aromatic N) is 2. The Labute approximate surface area is 128 Å². The van der Waals surface area contributed by atoms with Gasteiger partial charge in [-0.1, -0.05) is 18.2 Å². The average molecular weight is 296 g/mol. The average Bonchev–Trinajstić information content (AvgIpc) is 2.86. The van der Waals surface area contributed by atoms with Gasteiger partial charge in [0.2, 0.25) is 0 Å². The monoisotopic (exact) mass is 296 g/mol. The third kappa shape index (κ3) is 2.37. The summed E-state index contributed by atoms with van der Waals surface area (Å²) in [6, 6.07) is 15.9. The van der Waals surface area contributed by atoms with Crippen molar-refractivity contribution < 1.29 is 9.18 Å². The summed E-state index contributed by atoms with van der Waals surface area (Å²) in [5.74, 6) is -0.393. The normalized spacial score (nSPS) is 10.9. The largest absolute Gasteiger partial charge is 0.340 e. The van der Waals surface area contributed by atoms with E-state index in [0.29, 0.717) is 17.8 Å². The molecule has 0 aliphatic rings. The molecule has 3 nitrogen and oxygen atoms in total. The number of anilines is 1. The van der Waals surface area contributed by atoms with Gasteiger partial charge in [-0.15, -0.1) is 0 Å². The number of carbonyl (C=O) groups is 1. The highest BCUT2D eigenvalue weighted by Gasteiger charge is 2.20. The van der Waals surface area contributed by atoms with Crippen LogP contribution < -0.4 is 4.90 Å². The van der Waals surface area contributed by atoms with Gasteiger partial charge in [-0.3, -0.25) is 4.79 Å². The number of rotatable bonds is 3. The van der Waals surface area contributed by atoms with Gasteiger partial charge in [0.05, 0.1) is 5.52 Å². The van der Waals surface area contributed by atoms with Gasteiger partial charge in [-0.2, -0.15) is 0 Å². The second-order valence-electron chi connectivity index (χ2n) is 5.18. The minimum atomic E-state index is -0.303. The van der Waals surface area contributed by atoms with Crippen molar-refractivity contribution in [2.75, 3.05) is 11.4 Å². The fraction of sp³-hybridized carbons (Fsp3) is 0.167. The molecule has 22 heavy (non-hydrogen) atoms. The molecule has 0 atom stereocenters. The molecule has 0 saturated heterocycles. The Kier molecular flexibility index (Phi) is 3.67. The smallest absolute Gasteiger partial charge is 0.274 e. The van der Waals surface area contributed by atoms with E-state index < -0.39 is 0 Å². The van der Waals surface area contributed by atoms with Crippen molar-refractivity contribution in [2.24, 2.45) is 7.05 Å². The van der Waals surface area contributed by atoms with Gasteiger partial charge in [0, 0.05) is 24.7 Å². The molecule has 0 aliphatic carbocycles. The summed E-state index contributed by atoms with van der Waals surface area (Å²) < 4.78 is 15.2. The Morgan fingerprint density at radius 1 is 1.14 bits per heavy atom. The lowest BCUT2D eigenvalue weighted by molar-refractivity contribution is 0.0981. The van der Waals surface area contributed by atoms with Crippen molar-refractivity contribution in [3.8, 4) is 0 Å². The third-order valence-corrected chi connectivity index (χ3v) is 3.86. The topological polar surface area (TPSA) is 25.2 Å². The van der Waals surface area contributed by atoms with Crippen LogP contribution in [0.15, 0.2) is 54.6 Å². The van der Waals surface area contributed by atoms with E-state index in [0.717, 1.165) is 11.1 Å². The van der Waals surface area contributed by atoms with Gasteiger partial charge in [0.15, 0.2) is 0 Å². The van der Waals surface area contributed by atoms with E-state index in [1.165, 1.54) is 12.1 Å². The fourth-order valence-corrected chi connectivity index (χ4v) is 2.70. The molecule has 3 aromatic rings. The number of aromatic nitrogens is 1. The van der Waals surface area contributed by atoms with Gasteiger partial charge in [0.1, 0.15) is 11.5 Å². The summed E-state index contributed by atoms with van der Waals surface area (Å²) >= 11 is 0. The van der Waals surface area contributed by atoms with Crippen molar-refractivity contribution >= 4 is 22.5 Å². The number of hydrogen-bond donors (Lipinski definition) is 0. The predicted octanol–water partition coefficient (Wildman–Crippen LogP) is 3.98. The van der Waals surface area contributed by atoms with Crippen LogP contribution >= 0.6 is 0 Å². The van der Waals surface area contributed by atoms with Crippen LogP contribution in [0.5, 0.6) is 0 Å². The molecule has 0 radical (unpaired) electrons. The van der Waals surface area contributed by atoms with Crippen LogP contribution in [-0.4, -0.2) is 17.0 Å². The summed E-state index contributed by atoms with van der Waals surface area (Å²) in [7, 11) is 1.79. The van der Waals surface area contributed by atoms with Crippen LogP contribution in [0.3, 0.4) is 0 Å². The maximum absolute atomic E-state index is 13.4. The standard InChI is InChI=1S/C18H17FN2O/c1-3-21(15-7-5-4-6-8-15)18(22)17-11-13-9-10-14(19)12-16(13)20(17)2/h4-12H,3H2,1-2H3. The maximum Gasteiger partial charge on any atom is 0.274 e. The Morgan fingerprint density at radius 2 is 1.86 bits per heavy atom. The Morgan fingerprint density at radius 3 is 2.55 bits per heavy atom. The van der Waals surface area contributed by atoms with E-state index in [-0.39, 0.29) is 11.7 Å². The highest BCUT2D eigenvalue weighted by molar-refractivity contribution is 6.07. The second kappa shape index (κ2) is 5.64. The molecule has 1 amide bonds. The number of amides is 1. The Hall–Kier alpha value is -2.62. The first-order valence-electron chi connectivity index (χ1n) is 7.23. The molecule has 2 aromatic carbocycles. The molecule has 0 unspecified atom stereocenters. The fourth-order valence-electron chi connectivity index (χ4n) is 2.70. The number of carbonyl (C=O) groups excluding carboxylic acids is 1. The highest BCUT2D eigenvalue weighted by atomic mass is 19.1. The van der Waals surface area contributed by atoms with Crippen LogP contribution in [-0.2, 0) is 7.05 Å². The third-order valence-electron chi connectivity index (χ3n) is 3.86. The summed E-state index contributed by atoms with van der Waals surface area (Å²) in [6.45, 7) is 2.51. The zero-order valence-corrected chi connectivity index (χ0v) is 12.6. The Balaban J connectivity index is 2.06. The highest BCUT2D eigenvalue weighted by Crippen LogP contribution is 2.23. The summed E-state index contributed by atoms with van der Waals surface area (Å²) in [5.41, 5.74) is 2.12. The summed E-state index contributed by atoms with van der Waals surface area (Å²) in [6.07, 6.45) is 0. The van der Waals surface area contributed by atoms with Crippen LogP contribution in [0.4, 0.5) is 10.1 Å². The minimum absolute atomic E-state index is 0.0900. The molecule has 0 fully saturated rings. The van der Waals surface area contributed by atoms with Crippen molar-refractivity contribution in [3.63, 3.8) is 0 Å². The zero-order chi connectivity index (χ0) is 15.7. The van der Waals surface area contributed by atoms with Crippen LogP contribution in [0.2, 0.25) is 0 Å². The van der Waals surface area contributed by atoms with E-state index in [1.807, 2.05) is 43.3 Å². The van der Waals surface area contributed by atoms with Gasteiger partial charge in [0.25, 0.3) is 5.91 Å². The second-order valence-corrected chi connectivity index (χ2v) is 5.18. The van der Waals surface area contributed by atoms with Gasteiger partial charge < -0.3 is 9.47 Å². The zero-order valence-electron chi connectivity index (χ0n) is 12.6. The Bertz CT molecular complexity index is 824.